The molecule has 1 aliphatic heterocycles. The monoisotopic (exact) mass is 441 g/mol. The zero-order valence-electron chi connectivity index (χ0n) is 14.6. The van der Waals surface area contributed by atoms with Gasteiger partial charge in [-0.05, 0) is 48.5 Å². The fourth-order valence-corrected chi connectivity index (χ4v) is 3.80. The first-order valence-electron chi connectivity index (χ1n) is 8.14. The molecule has 0 saturated carbocycles. The third kappa shape index (κ3) is 4.62. The summed E-state index contributed by atoms with van der Waals surface area (Å²) >= 11 is 4.31. The van der Waals surface area contributed by atoms with E-state index in [0.29, 0.717) is 22.8 Å². The number of carbonyl (C=O) groups is 2. The van der Waals surface area contributed by atoms with E-state index in [1.807, 2.05) is 43.3 Å². The molecule has 1 aliphatic rings. The lowest BCUT2D eigenvalue weighted by Crippen LogP contribution is -2.28. The number of terminal acetylenes is 1. The molecule has 0 atom stereocenters. The number of benzene rings is 2. The lowest BCUT2D eigenvalue weighted by molar-refractivity contribution is -0.122. The molecule has 2 aromatic carbocycles. The van der Waals surface area contributed by atoms with Crippen molar-refractivity contribution in [1.82, 2.24) is 4.90 Å². The maximum Gasteiger partial charge on any atom is 0.294 e. The second-order valence-electron chi connectivity index (χ2n) is 5.93. The van der Waals surface area contributed by atoms with E-state index in [9.17, 15) is 9.59 Å². The number of halogens is 1. The molecular weight excluding hydrogens is 426 g/mol. The van der Waals surface area contributed by atoms with Gasteiger partial charge >= 0.3 is 0 Å². The van der Waals surface area contributed by atoms with Crippen molar-refractivity contribution in [3.63, 3.8) is 0 Å². The van der Waals surface area contributed by atoms with Crippen molar-refractivity contribution in [2.75, 3.05) is 6.54 Å². The molecule has 2 amide bonds. The predicted octanol–water partition coefficient (Wildman–Crippen LogP) is 5.01. The first-order chi connectivity index (χ1) is 13.0. The largest absolute Gasteiger partial charge is 0.488 e. The maximum atomic E-state index is 12.4. The third-order valence-electron chi connectivity index (χ3n) is 3.86. The van der Waals surface area contributed by atoms with Gasteiger partial charge in [0.25, 0.3) is 11.1 Å². The van der Waals surface area contributed by atoms with Crippen LogP contribution in [0.2, 0.25) is 0 Å². The molecule has 1 heterocycles. The van der Waals surface area contributed by atoms with Gasteiger partial charge in [-0.25, -0.2) is 0 Å². The summed E-state index contributed by atoms with van der Waals surface area (Å²) in [5.74, 6) is 2.58. The predicted molar refractivity (Wildman–Crippen MR) is 111 cm³/mol. The molecule has 0 aliphatic carbocycles. The Kier molecular flexibility index (Phi) is 6.04. The molecule has 1 fully saturated rings. The lowest BCUT2D eigenvalue weighted by Gasteiger charge is -2.11. The van der Waals surface area contributed by atoms with Crippen LogP contribution in [0.5, 0.6) is 5.75 Å². The molecule has 0 unspecified atom stereocenters. The van der Waals surface area contributed by atoms with E-state index in [0.717, 1.165) is 32.3 Å². The van der Waals surface area contributed by atoms with E-state index in [1.54, 1.807) is 6.08 Å². The van der Waals surface area contributed by atoms with Gasteiger partial charge in [0, 0.05) is 10.0 Å². The molecule has 3 rings (SSSR count). The van der Waals surface area contributed by atoms with Crippen LogP contribution < -0.4 is 4.74 Å². The van der Waals surface area contributed by atoms with Crippen LogP contribution in [0.3, 0.4) is 0 Å². The van der Waals surface area contributed by atoms with Gasteiger partial charge in [-0.15, -0.1) is 6.42 Å². The summed E-state index contributed by atoms with van der Waals surface area (Å²) in [6.45, 7) is 2.40. The normalized spacial score (nSPS) is 15.3. The standard InChI is InChI=1S/C21H16BrNO3S/c1-3-9-23-20(24)19(27-21(23)25)12-16-11-17(22)7-8-18(16)26-13-15-6-4-5-14(2)10-15/h1,4-8,10-12H,9,13H2,2H3/b19-12+. The Balaban J connectivity index is 1.85. The van der Waals surface area contributed by atoms with Crippen LogP contribution in [0.25, 0.3) is 6.08 Å². The number of imide groups is 1. The van der Waals surface area contributed by atoms with E-state index in [-0.39, 0.29) is 17.7 Å². The van der Waals surface area contributed by atoms with Gasteiger partial charge < -0.3 is 4.74 Å². The number of aryl methyl sites for hydroxylation is 1. The van der Waals surface area contributed by atoms with Crippen molar-refractivity contribution >= 4 is 44.9 Å². The number of hydrogen-bond acceptors (Lipinski definition) is 4. The Bertz CT molecular complexity index is 978. The smallest absolute Gasteiger partial charge is 0.294 e. The van der Waals surface area contributed by atoms with Crippen LogP contribution in [0.1, 0.15) is 16.7 Å². The highest BCUT2D eigenvalue weighted by molar-refractivity contribution is 9.10. The first kappa shape index (κ1) is 19.3. The van der Waals surface area contributed by atoms with E-state index in [4.69, 9.17) is 11.2 Å². The molecule has 1 saturated heterocycles. The SMILES string of the molecule is C#CCN1C(=O)S/C(=C/c2cc(Br)ccc2OCc2cccc(C)c2)C1=O. The van der Waals surface area contributed by atoms with Gasteiger partial charge in [-0.2, -0.15) is 0 Å². The van der Waals surface area contributed by atoms with Gasteiger partial charge in [0.15, 0.2) is 0 Å². The molecule has 6 heteroatoms. The number of amides is 2. The summed E-state index contributed by atoms with van der Waals surface area (Å²) in [6, 6.07) is 13.6. The average Bonchev–Trinajstić information content (AvgIpc) is 2.89. The van der Waals surface area contributed by atoms with Crippen molar-refractivity contribution in [1.29, 1.82) is 0 Å². The second-order valence-corrected chi connectivity index (χ2v) is 7.84. The summed E-state index contributed by atoms with van der Waals surface area (Å²) in [6.07, 6.45) is 6.89. The highest BCUT2D eigenvalue weighted by atomic mass is 79.9. The molecule has 0 aromatic heterocycles. The van der Waals surface area contributed by atoms with E-state index >= 15 is 0 Å². The number of hydrogen-bond donors (Lipinski definition) is 0. The van der Waals surface area contributed by atoms with Crippen molar-refractivity contribution in [3.8, 4) is 18.1 Å². The Morgan fingerprint density at radius 2 is 2.07 bits per heavy atom. The molecule has 27 heavy (non-hydrogen) atoms. The van der Waals surface area contributed by atoms with Gasteiger partial charge in [-0.3, -0.25) is 14.5 Å². The summed E-state index contributed by atoms with van der Waals surface area (Å²) in [4.78, 5) is 25.7. The Morgan fingerprint density at radius 3 is 2.81 bits per heavy atom. The van der Waals surface area contributed by atoms with Crippen LogP contribution >= 0.6 is 27.7 Å². The van der Waals surface area contributed by atoms with Gasteiger partial charge in [0.1, 0.15) is 12.4 Å². The lowest BCUT2D eigenvalue weighted by atomic mass is 10.1. The number of thioether (sulfide) groups is 1. The van der Waals surface area contributed by atoms with Crippen molar-refractivity contribution < 1.29 is 14.3 Å². The number of carbonyl (C=O) groups excluding carboxylic acids is 2. The molecule has 4 nitrogen and oxygen atoms in total. The second kappa shape index (κ2) is 8.47. The number of ether oxygens (including phenoxy) is 1. The van der Waals surface area contributed by atoms with E-state index in [1.165, 1.54) is 0 Å². The van der Waals surface area contributed by atoms with Crippen LogP contribution in [-0.2, 0) is 11.4 Å². The summed E-state index contributed by atoms with van der Waals surface area (Å²) in [5.41, 5.74) is 2.93. The first-order valence-corrected chi connectivity index (χ1v) is 9.75. The van der Waals surface area contributed by atoms with Crippen molar-refractivity contribution in [2.45, 2.75) is 13.5 Å². The number of nitrogens with zero attached hydrogens (tertiary/aromatic N) is 1. The average molecular weight is 442 g/mol. The van der Waals surface area contributed by atoms with Crippen LogP contribution in [0, 0.1) is 19.3 Å². The van der Waals surface area contributed by atoms with Crippen LogP contribution in [0.15, 0.2) is 51.8 Å². The van der Waals surface area contributed by atoms with E-state index < -0.39 is 0 Å². The summed E-state index contributed by atoms with van der Waals surface area (Å²) < 4.78 is 6.81. The minimum atomic E-state index is -0.382. The zero-order chi connectivity index (χ0) is 19.4. The fraction of sp³-hybridized carbons (Fsp3) is 0.143. The molecule has 0 spiro atoms. The molecule has 2 aromatic rings. The highest BCUT2D eigenvalue weighted by Gasteiger charge is 2.34. The molecule has 0 N–H and O–H groups in total. The Hall–Kier alpha value is -2.49. The fourth-order valence-electron chi connectivity index (χ4n) is 2.60. The van der Waals surface area contributed by atoms with Gasteiger partial charge in [0.2, 0.25) is 0 Å². The Morgan fingerprint density at radius 1 is 1.26 bits per heavy atom. The van der Waals surface area contributed by atoms with Gasteiger partial charge in [0.05, 0.1) is 11.4 Å². The number of rotatable bonds is 5. The molecule has 136 valence electrons. The third-order valence-corrected chi connectivity index (χ3v) is 5.26. The van der Waals surface area contributed by atoms with E-state index in [2.05, 4.69) is 27.9 Å². The summed E-state index contributed by atoms with van der Waals surface area (Å²) in [5, 5.41) is -0.360. The molecular formula is C21H16BrNO3S. The minimum absolute atomic E-state index is 0.0305. The maximum absolute atomic E-state index is 12.4. The quantitative estimate of drug-likeness (QED) is 0.483. The Labute approximate surface area is 170 Å². The topological polar surface area (TPSA) is 46.6 Å². The van der Waals surface area contributed by atoms with Crippen LogP contribution in [-0.4, -0.2) is 22.6 Å². The summed E-state index contributed by atoms with van der Waals surface area (Å²) in [7, 11) is 0. The van der Waals surface area contributed by atoms with Gasteiger partial charge in [-0.1, -0.05) is 51.7 Å². The van der Waals surface area contributed by atoms with Crippen molar-refractivity contribution in [3.05, 3.63) is 68.5 Å². The van der Waals surface area contributed by atoms with Crippen LogP contribution in [0.4, 0.5) is 4.79 Å². The highest BCUT2D eigenvalue weighted by Crippen LogP contribution is 2.34. The minimum Gasteiger partial charge on any atom is -0.488 e. The molecule has 0 bridgehead atoms. The van der Waals surface area contributed by atoms with Crippen molar-refractivity contribution in [2.24, 2.45) is 0 Å². The zero-order valence-corrected chi connectivity index (χ0v) is 17.0. The molecule has 0 radical (unpaired) electrons.